The maximum Gasteiger partial charge on any atom is 0.119 e. The second kappa shape index (κ2) is 3.97. The Morgan fingerprint density at radius 1 is 1.17 bits per heavy atom. The van der Waals surface area contributed by atoms with Crippen molar-refractivity contribution in [2.45, 2.75) is 6.42 Å². The van der Waals surface area contributed by atoms with Gasteiger partial charge in [0.1, 0.15) is 11.5 Å². The van der Waals surface area contributed by atoms with Gasteiger partial charge in [0.2, 0.25) is 0 Å². The summed E-state index contributed by atoms with van der Waals surface area (Å²) in [4.78, 5) is 0. The van der Waals surface area contributed by atoms with E-state index in [1.165, 1.54) is 6.07 Å². The molecule has 0 aliphatic rings. The predicted molar refractivity (Wildman–Crippen MR) is 45.4 cm³/mol. The molecule has 12 heavy (non-hydrogen) atoms. The Bertz CT molecular complexity index is 238. The van der Waals surface area contributed by atoms with E-state index >= 15 is 0 Å². The number of benzene rings is 1. The molecule has 0 radical (unpaired) electrons. The quantitative estimate of drug-likeness (QED) is 0.714. The van der Waals surface area contributed by atoms with Crippen LogP contribution in [0, 0.1) is 0 Å². The molecule has 0 saturated carbocycles. The highest BCUT2D eigenvalue weighted by Crippen LogP contribution is 2.20. The Kier molecular flexibility index (Phi) is 2.94. The molecule has 1 aromatic carbocycles. The first-order valence-electron chi connectivity index (χ1n) is 3.73. The summed E-state index contributed by atoms with van der Waals surface area (Å²) >= 11 is 0. The molecule has 0 unspecified atom stereocenters. The summed E-state index contributed by atoms with van der Waals surface area (Å²) in [5, 5.41) is 18.2. The van der Waals surface area contributed by atoms with E-state index in [2.05, 4.69) is 0 Å². The van der Waals surface area contributed by atoms with E-state index < -0.39 is 0 Å². The molecule has 0 heterocycles. The molecule has 0 aromatic heterocycles. The predicted octanol–water partition coefficient (Wildman–Crippen LogP) is 1.29. The summed E-state index contributed by atoms with van der Waals surface area (Å²) in [6, 6.07) is 4.52. The highest BCUT2D eigenvalue weighted by atomic mass is 16.5. The van der Waals surface area contributed by atoms with Crippen molar-refractivity contribution in [3.05, 3.63) is 23.8 Å². The first kappa shape index (κ1) is 8.87. The lowest BCUT2D eigenvalue weighted by atomic mass is 10.1. The van der Waals surface area contributed by atoms with E-state index in [9.17, 15) is 0 Å². The summed E-state index contributed by atoms with van der Waals surface area (Å²) in [6.07, 6.45) is 0.693. The van der Waals surface area contributed by atoms with Gasteiger partial charge in [-0.3, -0.25) is 0 Å². The van der Waals surface area contributed by atoms with Crippen LogP contribution in [0.1, 0.15) is 5.56 Å². The van der Waals surface area contributed by atoms with Crippen molar-refractivity contribution < 1.29 is 14.9 Å². The minimum absolute atomic E-state index is 0.0844. The number of methoxy groups -OCH3 is 1. The third kappa shape index (κ3) is 2.43. The highest BCUT2D eigenvalue weighted by molar-refractivity contribution is 5.36. The van der Waals surface area contributed by atoms with Crippen molar-refractivity contribution in [2.24, 2.45) is 0 Å². The molecule has 0 amide bonds. The van der Waals surface area contributed by atoms with Gasteiger partial charge in [-0.05, 0) is 24.1 Å². The number of rotatable bonds is 3. The van der Waals surface area contributed by atoms with Crippen LogP contribution in [0.25, 0.3) is 0 Å². The van der Waals surface area contributed by atoms with Crippen LogP contribution in [-0.4, -0.2) is 23.9 Å². The lowest BCUT2D eigenvalue weighted by Gasteiger charge is -2.01. The van der Waals surface area contributed by atoms with Gasteiger partial charge < -0.3 is 14.9 Å². The lowest BCUT2D eigenvalue weighted by molar-refractivity contribution is 0.202. The van der Waals surface area contributed by atoms with E-state index in [-0.39, 0.29) is 11.5 Å². The number of aromatic hydroxyl groups is 2. The third-order valence-corrected chi connectivity index (χ3v) is 1.56. The number of phenols is 2. The summed E-state index contributed by atoms with van der Waals surface area (Å²) in [5.74, 6) is 0.169. The Labute approximate surface area is 71.2 Å². The third-order valence-electron chi connectivity index (χ3n) is 1.56. The zero-order valence-electron chi connectivity index (χ0n) is 6.95. The second-order valence-corrected chi connectivity index (χ2v) is 2.60. The summed E-state index contributed by atoms with van der Waals surface area (Å²) in [5.41, 5.74) is 0.870. The second-order valence-electron chi connectivity index (χ2n) is 2.60. The van der Waals surface area contributed by atoms with Crippen LogP contribution in [0.15, 0.2) is 18.2 Å². The van der Waals surface area contributed by atoms with E-state index in [1.807, 2.05) is 0 Å². The number of hydrogen-bond donors (Lipinski definition) is 2. The van der Waals surface area contributed by atoms with E-state index in [0.29, 0.717) is 13.0 Å². The Morgan fingerprint density at radius 3 is 2.25 bits per heavy atom. The SMILES string of the molecule is COCCc1cc(O)cc(O)c1. The van der Waals surface area contributed by atoms with Crippen molar-refractivity contribution in [1.82, 2.24) is 0 Å². The monoisotopic (exact) mass is 168 g/mol. The maximum atomic E-state index is 9.09. The molecule has 0 fully saturated rings. The topological polar surface area (TPSA) is 49.7 Å². The van der Waals surface area contributed by atoms with Crippen molar-refractivity contribution in [2.75, 3.05) is 13.7 Å². The van der Waals surface area contributed by atoms with Crippen LogP contribution in [0.2, 0.25) is 0 Å². The van der Waals surface area contributed by atoms with E-state index in [1.54, 1.807) is 19.2 Å². The molecule has 0 aliphatic heterocycles. The van der Waals surface area contributed by atoms with Gasteiger partial charge >= 0.3 is 0 Å². The fraction of sp³-hybridized carbons (Fsp3) is 0.333. The summed E-state index contributed by atoms with van der Waals surface area (Å²) < 4.78 is 4.86. The number of phenolic OH excluding ortho intramolecular Hbond substituents is 2. The number of ether oxygens (including phenoxy) is 1. The van der Waals surface area contributed by atoms with E-state index in [0.717, 1.165) is 5.56 Å². The largest absolute Gasteiger partial charge is 0.508 e. The van der Waals surface area contributed by atoms with Gasteiger partial charge in [-0.1, -0.05) is 0 Å². The molecule has 0 aliphatic carbocycles. The normalized spacial score (nSPS) is 10.1. The molecule has 0 spiro atoms. The van der Waals surface area contributed by atoms with Gasteiger partial charge in [0.05, 0.1) is 6.61 Å². The fourth-order valence-electron chi connectivity index (χ4n) is 1.02. The van der Waals surface area contributed by atoms with Crippen LogP contribution in [0.4, 0.5) is 0 Å². The molecule has 0 saturated heterocycles. The maximum absolute atomic E-state index is 9.09. The van der Waals surface area contributed by atoms with Crippen molar-refractivity contribution in [1.29, 1.82) is 0 Å². The van der Waals surface area contributed by atoms with Gasteiger partial charge in [0.15, 0.2) is 0 Å². The smallest absolute Gasteiger partial charge is 0.119 e. The molecule has 1 rings (SSSR count). The average Bonchev–Trinajstić information content (AvgIpc) is 1.99. The minimum atomic E-state index is 0.0844. The zero-order chi connectivity index (χ0) is 8.97. The molecular weight excluding hydrogens is 156 g/mol. The van der Waals surface area contributed by atoms with Crippen LogP contribution in [0.3, 0.4) is 0 Å². The molecule has 66 valence electrons. The first-order valence-corrected chi connectivity index (χ1v) is 3.73. The lowest BCUT2D eigenvalue weighted by Crippen LogP contribution is -1.93. The fourth-order valence-corrected chi connectivity index (χ4v) is 1.02. The van der Waals surface area contributed by atoms with Crippen LogP contribution >= 0.6 is 0 Å². The van der Waals surface area contributed by atoms with Crippen LogP contribution in [0.5, 0.6) is 11.5 Å². The van der Waals surface area contributed by atoms with Crippen molar-refractivity contribution >= 4 is 0 Å². The zero-order valence-corrected chi connectivity index (χ0v) is 6.95. The van der Waals surface area contributed by atoms with Crippen molar-refractivity contribution in [3.8, 4) is 11.5 Å². The Hall–Kier alpha value is -1.22. The Balaban J connectivity index is 2.72. The van der Waals surface area contributed by atoms with Crippen molar-refractivity contribution in [3.63, 3.8) is 0 Å². The first-order chi connectivity index (χ1) is 5.72. The average molecular weight is 168 g/mol. The van der Waals surface area contributed by atoms with Gasteiger partial charge in [-0.15, -0.1) is 0 Å². The molecule has 3 heteroatoms. The molecule has 0 atom stereocenters. The molecular formula is C9H12O3. The summed E-state index contributed by atoms with van der Waals surface area (Å²) in [7, 11) is 1.61. The highest BCUT2D eigenvalue weighted by Gasteiger charge is 1.98. The van der Waals surface area contributed by atoms with Crippen LogP contribution < -0.4 is 0 Å². The molecule has 1 aromatic rings. The molecule has 3 nitrogen and oxygen atoms in total. The van der Waals surface area contributed by atoms with Gasteiger partial charge in [-0.25, -0.2) is 0 Å². The minimum Gasteiger partial charge on any atom is -0.508 e. The van der Waals surface area contributed by atoms with Gasteiger partial charge in [0.25, 0.3) is 0 Å². The number of hydrogen-bond acceptors (Lipinski definition) is 3. The van der Waals surface area contributed by atoms with Gasteiger partial charge in [-0.2, -0.15) is 0 Å². The summed E-state index contributed by atoms with van der Waals surface area (Å²) in [6.45, 7) is 0.586. The van der Waals surface area contributed by atoms with E-state index in [4.69, 9.17) is 14.9 Å². The molecule has 0 bridgehead atoms. The van der Waals surface area contributed by atoms with Gasteiger partial charge in [0, 0.05) is 13.2 Å². The molecule has 2 N–H and O–H groups in total. The van der Waals surface area contributed by atoms with Crippen LogP contribution in [-0.2, 0) is 11.2 Å². The standard InChI is InChI=1S/C9H12O3/c1-12-3-2-7-4-8(10)6-9(11)5-7/h4-6,10-11H,2-3H2,1H3. The Morgan fingerprint density at radius 2 is 1.75 bits per heavy atom.